The average molecular weight is 346 g/mol. The molecule has 0 radical (unpaired) electrons. The van der Waals surface area contributed by atoms with Crippen molar-refractivity contribution in [2.24, 2.45) is 0 Å². The van der Waals surface area contributed by atoms with Crippen LogP contribution in [0.1, 0.15) is 0 Å². The van der Waals surface area contributed by atoms with Crippen LogP contribution >= 0.6 is 15.9 Å². The van der Waals surface area contributed by atoms with Gasteiger partial charge in [-0.15, -0.1) is 0 Å². The van der Waals surface area contributed by atoms with E-state index in [0.29, 0.717) is 4.60 Å². The molecule has 0 spiro atoms. The van der Waals surface area contributed by atoms with Crippen molar-refractivity contribution < 1.29 is 12.8 Å². The lowest BCUT2D eigenvalue weighted by Gasteiger charge is -2.09. The molecule has 1 aromatic heterocycles. The largest absolute Gasteiger partial charge is 0.398 e. The van der Waals surface area contributed by atoms with Crippen LogP contribution < -0.4 is 10.5 Å². The number of hydrogen-bond acceptors (Lipinski definition) is 4. The maximum Gasteiger partial charge on any atom is 0.264 e. The van der Waals surface area contributed by atoms with E-state index in [-0.39, 0.29) is 16.3 Å². The average Bonchev–Trinajstić information content (AvgIpc) is 2.35. The topological polar surface area (TPSA) is 85.1 Å². The Labute approximate surface area is 117 Å². The number of anilines is 2. The van der Waals surface area contributed by atoms with Crippen LogP contribution in [-0.2, 0) is 10.0 Å². The van der Waals surface area contributed by atoms with Gasteiger partial charge in [0.2, 0.25) is 0 Å². The van der Waals surface area contributed by atoms with Crippen molar-refractivity contribution in [1.82, 2.24) is 4.98 Å². The van der Waals surface area contributed by atoms with Crippen LogP contribution in [0.4, 0.5) is 15.8 Å². The number of hydrogen-bond donors (Lipinski definition) is 2. The van der Waals surface area contributed by atoms with Crippen LogP contribution in [0, 0.1) is 5.82 Å². The van der Waals surface area contributed by atoms with Crippen LogP contribution in [0.2, 0.25) is 0 Å². The van der Waals surface area contributed by atoms with Crippen molar-refractivity contribution in [3.63, 3.8) is 0 Å². The Hall–Kier alpha value is -1.67. The van der Waals surface area contributed by atoms with E-state index in [1.807, 2.05) is 0 Å². The first-order valence-corrected chi connectivity index (χ1v) is 7.35. The van der Waals surface area contributed by atoms with Crippen molar-refractivity contribution in [1.29, 1.82) is 0 Å². The molecule has 0 aliphatic heterocycles. The summed E-state index contributed by atoms with van der Waals surface area (Å²) in [5, 5.41) is 0. The van der Waals surface area contributed by atoms with Crippen molar-refractivity contribution in [2.45, 2.75) is 4.90 Å². The van der Waals surface area contributed by atoms with Gasteiger partial charge in [-0.2, -0.15) is 0 Å². The number of nitrogen functional groups attached to an aromatic ring is 1. The Morgan fingerprint density at radius 1 is 1.26 bits per heavy atom. The molecule has 0 bridgehead atoms. The number of halogens is 2. The molecule has 5 nitrogen and oxygen atoms in total. The molecule has 3 N–H and O–H groups in total. The maximum atomic E-state index is 13.1. The van der Waals surface area contributed by atoms with Crippen molar-refractivity contribution in [2.75, 3.05) is 10.5 Å². The van der Waals surface area contributed by atoms with E-state index < -0.39 is 15.8 Å². The highest BCUT2D eigenvalue weighted by Gasteiger charge is 2.18. The lowest BCUT2D eigenvalue weighted by molar-refractivity contribution is 0.596. The second-order valence-corrected chi connectivity index (χ2v) is 6.12. The first-order chi connectivity index (χ1) is 8.88. The van der Waals surface area contributed by atoms with Crippen LogP contribution in [-0.4, -0.2) is 13.4 Å². The lowest BCUT2D eigenvalue weighted by Crippen LogP contribution is -2.15. The molecule has 0 atom stereocenters. The quantitative estimate of drug-likeness (QED) is 0.660. The Morgan fingerprint density at radius 3 is 2.63 bits per heavy atom. The first-order valence-electron chi connectivity index (χ1n) is 5.08. The number of aromatic nitrogens is 1. The molecular weight excluding hydrogens is 337 g/mol. The third-order valence-corrected chi connectivity index (χ3v) is 4.15. The predicted octanol–water partition coefficient (Wildman–Crippen LogP) is 2.37. The zero-order valence-corrected chi connectivity index (χ0v) is 11.9. The number of nitrogens with zero attached hydrogens (tertiary/aromatic N) is 1. The molecule has 100 valence electrons. The lowest BCUT2D eigenvalue weighted by atomic mass is 10.3. The number of sulfonamides is 1. The number of rotatable bonds is 3. The molecule has 0 fully saturated rings. The van der Waals surface area contributed by atoms with Gasteiger partial charge in [0.25, 0.3) is 10.0 Å². The van der Waals surface area contributed by atoms with E-state index in [1.165, 1.54) is 18.3 Å². The summed E-state index contributed by atoms with van der Waals surface area (Å²) in [6, 6.07) is 6.25. The highest BCUT2D eigenvalue weighted by atomic mass is 79.9. The van der Waals surface area contributed by atoms with Crippen molar-refractivity contribution in [3.05, 3.63) is 46.9 Å². The summed E-state index contributed by atoms with van der Waals surface area (Å²) in [5.74, 6) is -0.677. The van der Waals surface area contributed by atoms with Gasteiger partial charge in [-0.1, -0.05) is 0 Å². The number of nitrogens with two attached hydrogens (primary N) is 1. The van der Waals surface area contributed by atoms with Gasteiger partial charge in [0, 0.05) is 0 Å². The Balaban J connectivity index is 2.37. The van der Waals surface area contributed by atoms with Gasteiger partial charge in [0.15, 0.2) is 0 Å². The molecule has 0 amide bonds. The summed E-state index contributed by atoms with van der Waals surface area (Å²) in [4.78, 5) is 3.57. The second kappa shape index (κ2) is 5.14. The zero-order valence-electron chi connectivity index (χ0n) is 9.47. The van der Waals surface area contributed by atoms with Gasteiger partial charge in [0.1, 0.15) is 15.3 Å². The molecule has 1 aromatic carbocycles. The predicted molar refractivity (Wildman–Crippen MR) is 73.6 cm³/mol. The molecular formula is C11H9BrFN3O2S. The summed E-state index contributed by atoms with van der Waals surface area (Å²) >= 11 is 3.13. The molecule has 0 saturated carbocycles. The van der Waals surface area contributed by atoms with Gasteiger partial charge in [0.05, 0.1) is 17.6 Å². The zero-order chi connectivity index (χ0) is 14.0. The minimum Gasteiger partial charge on any atom is -0.398 e. The van der Waals surface area contributed by atoms with Gasteiger partial charge in [-0.25, -0.2) is 17.8 Å². The van der Waals surface area contributed by atoms with Crippen molar-refractivity contribution >= 4 is 37.3 Å². The molecule has 8 heteroatoms. The Morgan fingerprint density at radius 2 is 2.00 bits per heavy atom. The highest BCUT2D eigenvalue weighted by molar-refractivity contribution is 9.10. The third kappa shape index (κ3) is 3.21. The minimum absolute atomic E-state index is 0.0287. The molecule has 2 aromatic rings. The van der Waals surface area contributed by atoms with Crippen molar-refractivity contribution in [3.8, 4) is 0 Å². The van der Waals surface area contributed by atoms with Crippen LogP contribution in [0.25, 0.3) is 0 Å². The fourth-order valence-electron chi connectivity index (χ4n) is 1.39. The summed E-state index contributed by atoms with van der Waals surface area (Å²) in [7, 11) is -3.95. The van der Waals surface area contributed by atoms with E-state index >= 15 is 0 Å². The fraction of sp³-hybridized carbons (Fsp3) is 0. The van der Waals surface area contributed by atoms with E-state index in [1.54, 1.807) is 6.07 Å². The summed E-state index contributed by atoms with van der Waals surface area (Å²) in [6.07, 6.45) is 1.33. The third-order valence-electron chi connectivity index (χ3n) is 2.24. The van der Waals surface area contributed by atoms with Crippen LogP contribution in [0.15, 0.2) is 46.0 Å². The van der Waals surface area contributed by atoms with Gasteiger partial charge in [-0.3, -0.25) is 4.72 Å². The van der Waals surface area contributed by atoms with Gasteiger partial charge >= 0.3 is 0 Å². The van der Waals surface area contributed by atoms with Crippen LogP contribution in [0.5, 0.6) is 0 Å². The molecule has 0 unspecified atom stereocenters. The second-order valence-electron chi connectivity index (χ2n) is 3.66. The molecule has 0 saturated heterocycles. The monoisotopic (exact) mass is 345 g/mol. The maximum absolute atomic E-state index is 13.1. The van der Waals surface area contributed by atoms with E-state index in [2.05, 4.69) is 25.6 Å². The smallest absolute Gasteiger partial charge is 0.264 e. The van der Waals surface area contributed by atoms with E-state index in [4.69, 9.17) is 5.73 Å². The molecule has 19 heavy (non-hydrogen) atoms. The summed E-state index contributed by atoms with van der Waals surface area (Å²) in [6.45, 7) is 0. The van der Waals surface area contributed by atoms with E-state index in [0.717, 1.165) is 12.1 Å². The number of pyridine rings is 1. The van der Waals surface area contributed by atoms with Gasteiger partial charge < -0.3 is 5.73 Å². The normalized spacial score (nSPS) is 11.3. The molecule has 0 aliphatic rings. The minimum atomic E-state index is -3.95. The summed E-state index contributed by atoms with van der Waals surface area (Å²) in [5.41, 5.74) is 5.77. The van der Waals surface area contributed by atoms with Crippen LogP contribution in [0.3, 0.4) is 0 Å². The fourth-order valence-corrected chi connectivity index (χ4v) is 2.81. The number of benzene rings is 1. The van der Waals surface area contributed by atoms with Gasteiger partial charge in [-0.05, 0) is 46.3 Å². The number of nitrogens with one attached hydrogen (secondary N) is 1. The first kappa shape index (κ1) is 13.8. The molecule has 0 aliphatic carbocycles. The van der Waals surface area contributed by atoms with E-state index in [9.17, 15) is 12.8 Å². The Kier molecular flexibility index (Phi) is 3.72. The Bertz CT molecular complexity index is 704. The SMILES string of the molecule is Nc1ccc(F)cc1S(=O)(=O)Nc1ccc(Br)nc1. The standard InChI is InChI=1S/C11H9BrFN3O2S/c12-11-4-2-8(6-15-11)16-19(17,18)10-5-7(13)1-3-9(10)14/h1-6,16H,14H2. The highest BCUT2D eigenvalue weighted by Crippen LogP contribution is 2.22. The molecule has 1 heterocycles. The molecule has 2 rings (SSSR count). The summed E-state index contributed by atoms with van der Waals surface area (Å²) < 4.78 is 40.1.